The minimum absolute atomic E-state index is 0.442. The molecule has 4 heteroatoms. The average molecular weight is 301 g/mol. The van der Waals surface area contributed by atoms with Crippen LogP contribution in [-0.4, -0.2) is 26.0 Å². The molecule has 0 aromatic heterocycles. The molecule has 0 aromatic rings. The van der Waals surface area contributed by atoms with Crippen molar-refractivity contribution in [2.24, 2.45) is 5.18 Å². The van der Waals surface area contributed by atoms with Gasteiger partial charge in [-0.15, -0.1) is 0 Å². The number of ether oxygens (including phenoxy) is 2. The Labute approximate surface area is 131 Å². The highest BCUT2D eigenvalue weighted by Crippen LogP contribution is 2.12. The Morgan fingerprint density at radius 1 is 0.857 bits per heavy atom. The van der Waals surface area contributed by atoms with Gasteiger partial charge in [-0.1, -0.05) is 76.3 Å². The van der Waals surface area contributed by atoms with Gasteiger partial charge in [-0.25, -0.2) is 0 Å². The van der Waals surface area contributed by atoms with Gasteiger partial charge in [-0.05, 0) is 13.3 Å². The molecule has 126 valence electrons. The Morgan fingerprint density at radius 3 is 1.76 bits per heavy atom. The molecule has 0 aromatic carbocycles. The molecular formula is C17H35NO3. The largest absolute Gasteiger partial charge is 0.354 e. The lowest BCUT2D eigenvalue weighted by atomic mass is 10.1. The summed E-state index contributed by atoms with van der Waals surface area (Å²) in [6.45, 7) is 4.62. The number of methoxy groups -OCH3 is 1. The average Bonchev–Trinajstić information content (AvgIpc) is 2.51. The zero-order valence-corrected chi connectivity index (χ0v) is 14.3. The zero-order valence-electron chi connectivity index (χ0n) is 14.3. The van der Waals surface area contributed by atoms with Crippen molar-refractivity contribution in [1.29, 1.82) is 0 Å². The van der Waals surface area contributed by atoms with Crippen LogP contribution >= 0.6 is 0 Å². The molecule has 0 amide bonds. The van der Waals surface area contributed by atoms with Crippen LogP contribution < -0.4 is 0 Å². The summed E-state index contributed by atoms with van der Waals surface area (Å²) in [5, 5.41) is 2.94. The number of unbranched alkanes of at least 4 members (excludes halogenated alkanes) is 10. The van der Waals surface area contributed by atoms with Gasteiger partial charge in [-0.2, -0.15) is 4.91 Å². The van der Waals surface area contributed by atoms with Gasteiger partial charge in [0.25, 0.3) is 0 Å². The van der Waals surface area contributed by atoms with E-state index in [2.05, 4.69) is 12.1 Å². The van der Waals surface area contributed by atoms with Gasteiger partial charge in [0, 0.05) is 13.7 Å². The molecule has 0 aliphatic rings. The quantitative estimate of drug-likeness (QED) is 0.216. The molecular weight excluding hydrogens is 266 g/mol. The summed E-state index contributed by atoms with van der Waals surface area (Å²) in [6, 6.07) is -0.442. The summed E-state index contributed by atoms with van der Waals surface area (Å²) < 4.78 is 10.6. The molecule has 0 N–H and O–H groups in total. The van der Waals surface area contributed by atoms with Crippen LogP contribution in [0.3, 0.4) is 0 Å². The topological polar surface area (TPSA) is 47.9 Å². The van der Waals surface area contributed by atoms with Gasteiger partial charge < -0.3 is 9.47 Å². The Balaban J connectivity index is 3.23. The van der Waals surface area contributed by atoms with Crippen LogP contribution in [0.4, 0.5) is 0 Å². The maximum atomic E-state index is 10.4. The molecule has 0 aliphatic heterocycles. The van der Waals surface area contributed by atoms with Crippen LogP contribution in [0.15, 0.2) is 5.18 Å². The van der Waals surface area contributed by atoms with Crippen LogP contribution in [-0.2, 0) is 9.47 Å². The first kappa shape index (κ1) is 20.5. The van der Waals surface area contributed by atoms with E-state index in [0.29, 0.717) is 6.61 Å². The van der Waals surface area contributed by atoms with Crippen LogP contribution in [0.25, 0.3) is 0 Å². The molecule has 0 saturated heterocycles. The Hall–Kier alpha value is -0.480. The summed E-state index contributed by atoms with van der Waals surface area (Å²) in [4.78, 5) is 10.4. The fourth-order valence-electron chi connectivity index (χ4n) is 2.42. The van der Waals surface area contributed by atoms with E-state index in [1.165, 1.54) is 64.2 Å². The number of hydrogen-bond donors (Lipinski definition) is 0. The molecule has 0 radical (unpaired) electrons. The van der Waals surface area contributed by atoms with Crippen molar-refractivity contribution in [2.75, 3.05) is 13.7 Å². The standard InChI is InChI=1S/C17H35NO3/c1-4-5-6-7-8-9-10-11-12-13-14-15-21-17(20-3)16(2)18-19/h16-17H,4-15H2,1-3H3. The highest BCUT2D eigenvalue weighted by atomic mass is 16.7. The van der Waals surface area contributed by atoms with Gasteiger partial charge in [0.15, 0.2) is 6.29 Å². The van der Waals surface area contributed by atoms with E-state index in [1.807, 2.05) is 0 Å². The summed E-state index contributed by atoms with van der Waals surface area (Å²) in [6.07, 6.45) is 14.0. The number of nitrogens with zero attached hydrogens (tertiary/aromatic N) is 1. The van der Waals surface area contributed by atoms with Crippen LogP contribution in [0.2, 0.25) is 0 Å². The molecule has 21 heavy (non-hydrogen) atoms. The second-order valence-corrected chi connectivity index (χ2v) is 5.86. The van der Waals surface area contributed by atoms with Crippen molar-refractivity contribution in [3.05, 3.63) is 4.91 Å². The fourth-order valence-corrected chi connectivity index (χ4v) is 2.42. The first-order valence-corrected chi connectivity index (χ1v) is 8.73. The van der Waals surface area contributed by atoms with Crippen molar-refractivity contribution in [1.82, 2.24) is 0 Å². The second kappa shape index (κ2) is 15.9. The molecule has 4 nitrogen and oxygen atoms in total. The summed E-state index contributed by atoms with van der Waals surface area (Å²) in [5.74, 6) is 0. The van der Waals surface area contributed by atoms with E-state index in [-0.39, 0.29) is 0 Å². The molecule has 0 saturated carbocycles. The summed E-state index contributed by atoms with van der Waals surface area (Å²) in [5.41, 5.74) is 0. The van der Waals surface area contributed by atoms with E-state index in [4.69, 9.17) is 9.47 Å². The third-order valence-corrected chi connectivity index (χ3v) is 3.82. The van der Waals surface area contributed by atoms with Gasteiger partial charge >= 0.3 is 0 Å². The van der Waals surface area contributed by atoms with Gasteiger partial charge in [0.1, 0.15) is 6.04 Å². The molecule has 0 aliphatic carbocycles. The van der Waals surface area contributed by atoms with Crippen LogP contribution in [0.1, 0.15) is 84.5 Å². The first-order chi connectivity index (χ1) is 10.3. The normalized spacial score (nSPS) is 14.0. The van der Waals surface area contributed by atoms with E-state index in [1.54, 1.807) is 14.0 Å². The van der Waals surface area contributed by atoms with Gasteiger partial charge in [0.05, 0.1) is 0 Å². The molecule has 0 spiro atoms. The van der Waals surface area contributed by atoms with E-state index < -0.39 is 12.3 Å². The maximum absolute atomic E-state index is 10.4. The van der Waals surface area contributed by atoms with Gasteiger partial charge in [0.2, 0.25) is 0 Å². The van der Waals surface area contributed by atoms with E-state index in [0.717, 1.165) is 6.42 Å². The lowest BCUT2D eigenvalue weighted by molar-refractivity contribution is -0.134. The first-order valence-electron chi connectivity index (χ1n) is 8.73. The predicted molar refractivity (Wildman–Crippen MR) is 88.5 cm³/mol. The molecule has 0 heterocycles. The number of hydrogen-bond acceptors (Lipinski definition) is 4. The molecule has 0 rings (SSSR count). The van der Waals surface area contributed by atoms with E-state index >= 15 is 0 Å². The number of rotatable bonds is 16. The predicted octanol–water partition coefficient (Wildman–Crippen LogP) is 5.44. The number of nitroso groups, excluding NO2 is 1. The SMILES string of the molecule is CCCCCCCCCCCCCOC(OC)C(C)N=O. The van der Waals surface area contributed by atoms with Crippen molar-refractivity contribution in [3.63, 3.8) is 0 Å². The Morgan fingerprint density at radius 2 is 1.33 bits per heavy atom. The van der Waals surface area contributed by atoms with Crippen molar-refractivity contribution >= 4 is 0 Å². The zero-order chi connectivity index (χ0) is 15.8. The highest BCUT2D eigenvalue weighted by Gasteiger charge is 2.17. The monoisotopic (exact) mass is 301 g/mol. The molecule has 0 fully saturated rings. The lowest BCUT2D eigenvalue weighted by Crippen LogP contribution is -2.27. The lowest BCUT2D eigenvalue weighted by Gasteiger charge is -2.17. The van der Waals surface area contributed by atoms with Crippen LogP contribution in [0, 0.1) is 4.91 Å². The second-order valence-electron chi connectivity index (χ2n) is 5.86. The third kappa shape index (κ3) is 12.9. The van der Waals surface area contributed by atoms with Crippen LogP contribution in [0.5, 0.6) is 0 Å². The van der Waals surface area contributed by atoms with Gasteiger partial charge in [-0.3, -0.25) is 0 Å². The Kier molecular flexibility index (Phi) is 15.5. The van der Waals surface area contributed by atoms with Crippen molar-refractivity contribution in [3.8, 4) is 0 Å². The summed E-state index contributed by atoms with van der Waals surface area (Å²) >= 11 is 0. The van der Waals surface area contributed by atoms with Crippen molar-refractivity contribution in [2.45, 2.75) is 96.8 Å². The third-order valence-electron chi connectivity index (χ3n) is 3.82. The maximum Gasteiger partial charge on any atom is 0.182 e. The summed E-state index contributed by atoms with van der Waals surface area (Å²) in [7, 11) is 1.55. The Bertz CT molecular complexity index is 224. The highest BCUT2D eigenvalue weighted by molar-refractivity contribution is 4.62. The van der Waals surface area contributed by atoms with E-state index in [9.17, 15) is 4.91 Å². The smallest absolute Gasteiger partial charge is 0.182 e. The minimum Gasteiger partial charge on any atom is -0.354 e. The molecule has 0 bridgehead atoms. The van der Waals surface area contributed by atoms with Crippen molar-refractivity contribution < 1.29 is 9.47 Å². The fraction of sp³-hybridized carbons (Fsp3) is 1.00. The minimum atomic E-state index is -0.495. The molecule has 2 unspecified atom stereocenters. The molecule has 2 atom stereocenters.